The molecule has 0 atom stereocenters. The fourth-order valence-corrected chi connectivity index (χ4v) is 2.34. The highest BCUT2D eigenvalue weighted by molar-refractivity contribution is 6.03. The van der Waals surface area contributed by atoms with Crippen LogP contribution < -0.4 is 10.6 Å². The zero-order valence-electron chi connectivity index (χ0n) is 13.7. The topological polar surface area (TPSA) is 67.2 Å². The van der Waals surface area contributed by atoms with Gasteiger partial charge >= 0.3 is 0 Å². The number of hydrogen-bond acceptors (Lipinski definition) is 4. The van der Waals surface area contributed by atoms with Crippen LogP contribution in [0.25, 0.3) is 0 Å². The third kappa shape index (κ3) is 3.63. The Hall–Kier alpha value is -3.08. The molecule has 2 aromatic heterocycles. The molecule has 0 unspecified atom stereocenters. The van der Waals surface area contributed by atoms with Crippen molar-refractivity contribution in [3.05, 3.63) is 77.5 Å². The molecule has 0 saturated heterocycles. The maximum atomic E-state index is 12.4. The Morgan fingerprint density at radius 3 is 2.83 bits per heavy atom. The second kappa shape index (κ2) is 7.00. The number of nitrogens with zero attached hydrogens (tertiary/aromatic N) is 1. The lowest BCUT2D eigenvalue weighted by Gasteiger charge is -2.11. The Labute approximate surface area is 140 Å². The minimum atomic E-state index is -0.231. The van der Waals surface area contributed by atoms with E-state index in [2.05, 4.69) is 15.6 Å². The highest BCUT2D eigenvalue weighted by atomic mass is 16.3. The van der Waals surface area contributed by atoms with Crippen LogP contribution in [-0.4, -0.2) is 10.9 Å². The van der Waals surface area contributed by atoms with Crippen LogP contribution in [0.2, 0.25) is 0 Å². The van der Waals surface area contributed by atoms with Gasteiger partial charge in [-0.25, -0.2) is 0 Å². The van der Waals surface area contributed by atoms with E-state index < -0.39 is 0 Å². The number of anilines is 2. The van der Waals surface area contributed by atoms with Gasteiger partial charge in [-0.15, -0.1) is 0 Å². The molecule has 2 heterocycles. The average Bonchev–Trinajstić information content (AvgIpc) is 3.11. The first kappa shape index (κ1) is 15.8. The van der Waals surface area contributed by atoms with Gasteiger partial charge in [-0.2, -0.15) is 0 Å². The second-order valence-corrected chi connectivity index (χ2v) is 5.56. The zero-order chi connectivity index (χ0) is 16.9. The minimum absolute atomic E-state index is 0.231. The summed E-state index contributed by atoms with van der Waals surface area (Å²) < 4.78 is 5.28. The van der Waals surface area contributed by atoms with Gasteiger partial charge < -0.3 is 15.1 Å². The lowest BCUT2D eigenvalue weighted by Crippen LogP contribution is -2.15. The van der Waals surface area contributed by atoms with Crippen LogP contribution in [-0.2, 0) is 6.54 Å². The van der Waals surface area contributed by atoms with Crippen LogP contribution in [0.1, 0.15) is 27.4 Å². The Morgan fingerprint density at radius 2 is 2.04 bits per heavy atom. The summed E-state index contributed by atoms with van der Waals surface area (Å²) in [6.45, 7) is 4.55. The van der Waals surface area contributed by atoms with Crippen molar-refractivity contribution in [1.29, 1.82) is 0 Å². The Kier molecular flexibility index (Phi) is 4.61. The van der Waals surface area contributed by atoms with Crippen molar-refractivity contribution in [2.75, 3.05) is 10.6 Å². The number of hydrogen-bond donors (Lipinski definition) is 2. The summed E-state index contributed by atoms with van der Waals surface area (Å²) in [5, 5.41) is 6.13. The standard InChI is InChI=1S/C19H19N3O2/c1-13-5-3-7-17(14(13)2)22-19(23)18-11-15(8-9-20-18)21-12-16-6-4-10-24-16/h3-11H,12H2,1-2H3,(H,20,21)(H,22,23). The number of benzene rings is 1. The van der Waals surface area contributed by atoms with Crippen LogP contribution in [0.15, 0.2) is 59.3 Å². The molecule has 1 aromatic carbocycles. The van der Waals surface area contributed by atoms with E-state index in [4.69, 9.17) is 4.42 Å². The number of pyridine rings is 1. The van der Waals surface area contributed by atoms with E-state index in [1.165, 1.54) is 0 Å². The van der Waals surface area contributed by atoms with Gasteiger partial charge in [-0.1, -0.05) is 12.1 Å². The second-order valence-electron chi connectivity index (χ2n) is 5.56. The number of amides is 1. The quantitative estimate of drug-likeness (QED) is 0.740. The van der Waals surface area contributed by atoms with Gasteiger partial charge in [-0.05, 0) is 55.3 Å². The number of nitrogens with one attached hydrogen (secondary N) is 2. The van der Waals surface area contributed by atoms with Crippen molar-refractivity contribution in [3.8, 4) is 0 Å². The number of rotatable bonds is 5. The fraction of sp³-hybridized carbons (Fsp3) is 0.158. The molecule has 122 valence electrons. The first-order valence-corrected chi connectivity index (χ1v) is 7.73. The lowest BCUT2D eigenvalue weighted by atomic mass is 10.1. The van der Waals surface area contributed by atoms with Gasteiger partial charge in [0.05, 0.1) is 12.8 Å². The highest BCUT2D eigenvalue weighted by Gasteiger charge is 2.10. The molecule has 3 rings (SSSR count). The van der Waals surface area contributed by atoms with Crippen molar-refractivity contribution in [2.24, 2.45) is 0 Å². The third-order valence-electron chi connectivity index (χ3n) is 3.89. The molecule has 0 spiro atoms. The summed E-state index contributed by atoms with van der Waals surface area (Å²) in [5.41, 5.74) is 4.16. The number of furan rings is 1. The van der Waals surface area contributed by atoms with Gasteiger partial charge in [-0.3, -0.25) is 9.78 Å². The molecule has 0 bridgehead atoms. The van der Waals surface area contributed by atoms with E-state index >= 15 is 0 Å². The number of aromatic nitrogens is 1. The molecule has 24 heavy (non-hydrogen) atoms. The maximum Gasteiger partial charge on any atom is 0.274 e. The molecule has 3 aromatic rings. The largest absolute Gasteiger partial charge is 0.467 e. The molecule has 1 amide bonds. The van der Waals surface area contributed by atoms with Gasteiger partial charge in [0.2, 0.25) is 0 Å². The van der Waals surface area contributed by atoms with E-state index in [9.17, 15) is 4.79 Å². The van der Waals surface area contributed by atoms with E-state index in [0.29, 0.717) is 12.2 Å². The Morgan fingerprint density at radius 1 is 1.17 bits per heavy atom. The lowest BCUT2D eigenvalue weighted by molar-refractivity contribution is 0.102. The van der Waals surface area contributed by atoms with Crippen molar-refractivity contribution in [3.63, 3.8) is 0 Å². The number of aryl methyl sites for hydroxylation is 1. The molecule has 5 nitrogen and oxygen atoms in total. The normalized spacial score (nSPS) is 10.4. The fourth-order valence-electron chi connectivity index (χ4n) is 2.34. The SMILES string of the molecule is Cc1cccc(NC(=O)c2cc(NCc3ccco3)ccn2)c1C. The number of carbonyl (C=O) groups excluding carboxylic acids is 1. The Bertz CT molecular complexity index is 842. The molecular formula is C19H19N3O2. The van der Waals surface area contributed by atoms with Crippen LogP contribution in [0.4, 0.5) is 11.4 Å². The predicted molar refractivity (Wildman–Crippen MR) is 94.1 cm³/mol. The molecule has 0 aliphatic carbocycles. The van der Waals surface area contributed by atoms with Crippen molar-refractivity contribution >= 4 is 17.3 Å². The van der Waals surface area contributed by atoms with E-state index in [0.717, 1.165) is 28.3 Å². The first-order chi connectivity index (χ1) is 11.6. The van der Waals surface area contributed by atoms with E-state index in [1.54, 1.807) is 18.5 Å². The molecule has 0 radical (unpaired) electrons. The number of carbonyl (C=O) groups is 1. The molecular weight excluding hydrogens is 302 g/mol. The van der Waals surface area contributed by atoms with Gasteiger partial charge in [0.15, 0.2) is 0 Å². The molecule has 0 aliphatic rings. The summed E-state index contributed by atoms with van der Waals surface area (Å²) in [6.07, 6.45) is 3.25. The van der Waals surface area contributed by atoms with E-state index in [-0.39, 0.29) is 5.91 Å². The molecule has 2 N–H and O–H groups in total. The van der Waals surface area contributed by atoms with Crippen LogP contribution in [0.3, 0.4) is 0 Å². The summed E-state index contributed by atoms with van der Waals surface area (Å²) >= 11 is 0. The van der Waals surface area contributed by atoms with Crippen molar-refractivity contribution in [1.82, 2.24) is 4.98 Å². The van der Waals surface area contributed by atoms with Gasteiger partial charge in [0.1, 0.15) is 11.5 Å². The average molecular weight is 321 g/mol. The summed E-state index contributed by atoms with van der Waals surface area (Å²) in [7, 11) is 0. The first-order valence-electron chi connectivity index (χ1n) is 7.73. The molecule has 0 saturated carbocycles. The molecule has 0 aliphatic heterocycles. The van der Waals surface area contributed by atoms with Crippen LogP contribution in [0, 0.1) is 13.8 Å². The van der Waals surface area contributed by atoms with Crippen molar-refractivity contribution < 1.29 is 9.21 Å². The predicted octanol–water partition coefficient (Wildman–Crippen LogP) is 4.16. The van der Waals surface area contributed by atoms with E-state index in [1.807, 2.05) is 50.2 Å². The Balaban J connectivity index is 1.71. The van der Waals surface area contributed by atoms with Crippen molar-refractivity contribution in [2.45, 2.75) is 20.4 Å². The highest BCUT2D eigenvalue weighted by Crippen LogP contribution is 2.19. The van der Waals surface area contributed by atoms with Gasteiger partial charge in [0, 0.05) is 17.6 Å². The van der Waals surface area contributed by atoms with Crippen LogP contribution in [0.5, 0.6) is 0 Å². The monoisotopic (exact) mass is 321 g/mol. The van der Waals surface area contributed by atoms with Crippen LogP contribution >= 0.6 is 0 Å². The molecule has 0 fully saturated rings. The minimum Gasteiger partial charge on any atom is -0.467 e. The maximum absolute atomic E-state index is 12.4. The third-order valence-corrected chi connectivity index (χ3v) is 3.89. The summed E-state index contributed by atoms with van der Waals surface area (Å²) in [4.78, 5) is 16.6. The molecule has 5 heteroatoms. The smallest absolute Gasteiger partial charge is 0.274 e. The summed E-state index contributed by atoms with van der Waals surface area (Å²) in [5.74, 6) is 0.596. The summed E-state index contributed by atoms with van der Waals surface area (Å²) in [6, 6.07) is 13.1. The van der Waals surface area contributed by atoms with Gasteiger partial charge in [0.25, 0.3) is 5.91 Å². The zero-order valence-corrected chi connectivity index (χ0v) is 13.7.